The number of pyridine rings is 1. The van der Waals surface area contributed by atoms with E-state index in [4.69, 9.17) is 0 Å². The fraction of sp³-hybridized carbons (Fsp3) is 0.192. The molecule has 4 aromatic rings. The molecule has 0 saturated heterocycles. The van der Waals surface area contributed by atoms with Gasteiger partial charge >= 0.3 is 0 Å². The second-order valence-electron chi connectivity index (χ2n) is 7.65. The van der Waals surface area contributed by atoms with Gasteiger partial charge in [-0.3, -0.25) is 4.79 Å². The van der Waals surface area contributed by atoms with Gasteiger partial charge in [0.05, 0.1) is 12.1 Å². The van der Waals surface area contributed by atoms with Gasteiger partial charge in [0.2, 0.25) is 0 Å². The normalized spacial score (nSPS) is 11.1. The van der Waals surface area contributed by atoms with Gasteiger partial charge in [-0.15, -0.1) is 0 Å². The van der Waals surface area contributed by atoms with E-state index < -0.39 is 0 Å². The van der Waals surface area contributed by atoms with E-state index in [2.05, 4.69) is 57.2 Å². The van der Waals surface area contributed by atoms with E-state index >= 15 is 0 Å². The van der Waals surface area contributed by atoms with Crippen LogP contribution in [0.15, 0.2) is 77.6 Å². The number of rotatable bonds is 4. The number of hydrogen-bond donors (Lipinski definition) is 0. The summed E-state index contributed by atoms with van der Waals surface area (Å²) in [6.45, 7) is 6.98. The Morgan fingerprint density at radius 3 is 2.14 bits per heavy atom. The predicted octanol–water partition coefficient (Wildman–Crippen LogP) is 5.57. The molecule has 2 heteroatoms. The number of fused-ring (bicyclic) bond motifs is 1. The molecule has 4 rings (SSSR count). The van der Waals surface area contributed by atoms with Crippen LogP contribution in [-0.4, -0.2) is 4.57 Å². The largest absolute Gasteiger partial charge is 0.304 e. The molecule has 28 heavy (non-hydrogen) atoms. The van der Waals surface area contributed by atoms with Gasteiger partial charge in [-0.25, -0.2) is 0 Å². The van der Waals surface area contributed by atoms with Crippen molar-refractivity contribution in [3.05, 3.63) is 117 Å². The topological polar surface area (TPSA) is 22.0 Å². The molecule has 2 nitrogen and oxygen atoms in total. The van der Waals surface area contributed by atoms with E-state index in [-0.39, 0.29) is 5.56 Å². The molecule has 0 atom stereocenters. The first kappa shape index (κ1) is 18.2. The van der Waals surface area contributed by atoms with Crippen LogP contribution in [0, 0.1) is 20.8 Å². The third-order valence-corrected chi connectivity index (χ3v) is 5.50. The zero-order valence-corrected chi connectivity index (χ0v) is 16.7. The summed E-state index contributed by atoms with van der Waals surface area (Å²) < 4.78 is 1.91. The fourth-order valence-corrected chi connectivity index (χ4v) is 4.15. The lowest BCUT2D eigenvalue weighted by atomic mass is 9.98. The highest BCUT2D eigenvalue weighted by Crippen LogP contribution is 2.23. The average molecular weight is 367 g/mol. The molecule has 140 valence electrons. The zero-order valence-electron chi connectivity index (χ0n) is 16.7. The van der Waals surface area contributed by atoms with Crippen molar-refractivity contribution < 1.29 is 0 Å². The number of hydrogen-bond acceptors (Lipinski definition) is 1. The summed E-state index contributed by atoms with van der Waals surface area (Å²) >= 11 is 0. The van der Waals surface area contributed by atoms with Gasteiger partial charge in [-0.1, -0.05) is 66.2 Å². The third-order valence-electron chi connectivity index (χ3n) is 5.50. The third kappa shape index (κ3) is 3.50. The second kappa shape index (κ2) is 7.47. The Morgan fingerprint density at radius 1 is 0.786 bits per heavy atom. The minimum Gasteiger partial charge on any atom is -0.304 e. The van der Waals surface area contributed by atoms with Crippen LogP contribution >= 0.6 is 0 Å². The quantitative estimate of drug-likeness (QED) is 0.462. The van der Waals surface area contributed by atoms with Crippen molar-refractivity contribution in [1.29, 1.82) is 0 Å². The smallest absolute Gasteiger partial charge is 0.251 e. The zero-order chi connectivity index (χ0) is 19.7. The Balaban J connectivity index is 1.84. The monoisotopic (exact) mass is 367 g/mol. The standard InChI is InChI=1S/C26H25NO/c1-18-13-19(2)24(20(3)14-18)17-27-25-12-8-7-11-23(25)22(16-26(27)28)15-21-9-5-4-6-10-21/h4-14,16H,15,17H2,1-3H3. The molecule has 0 aliphatic heterocycles. The van der Waals surface area contributed by atoms with E-state index in [9.17, 15) is 4.79 Å². The first-order valence-corrected chi connectivity index (χ1v) is 9.75. The Morgan fingerprint density at radius 2 is 1.43 bits per heavy atom. The molecule has 0 N–H and O–H groups in total. The molecule has 0 aliphatic carbocycles. The summed E-state index contributed by atoms with van der Waals surface area (Å²) in [6.07, 6.45) is 0.764. The van der Waals surface area contributed by atoms with Crippen molar-refractivity contribution in [2.45, 2.75) is 33.7 Å². The Hall–Kier alpha value is -3.13. The maximum Gasteiger partial charge on any atom is 0.251 e. The summed E-state index contributed by atoms with van der Waals surface area (Å²) in [5.74, 6) is 0. The van der Waals surface area contributed by atoms with Gasteiger partial charge in [0, 0.05) is 11.5 Å². The molecular formula is C26H25NO. The van der Waals surface area contributed by atoms with Gasteiger partial charge in [-0.05, 0) is 61.1 Å². The van der Waals surface area contributed by atoms with E-state index in [1.165, 1.54) is 27.8 Å². The first-order chi connectivity index (χ1) is 13.5. The molecule has 0 spiro atoms. The van der Waals surface area contributed by atoms with Crippen LogP contribution in [-0.2, 0) is 13.0 Å². The molecule has 1 heterocycles. The predicted molar refractivity (Wildman–Crippen MR) is 117 cm³/mol. The summed E-state index contributed by atoms with van der Waals surface area (Å²) in [4.78, 5) is 13.1. The van der Waals surface area contributed by atoms with Gasteiger partial charge < -0.3 is 4.57 Å². The van der Waals surface area contributed by atoms with Crippen LogP contribution in [0.1, 0.15) is 33.4 Å². The van der Waals surface area contributed by atoms with Crippen LogP contribution in [0.4, 0.5) is 0 Å². The SMILES string of the molecule is Cc1cc(C)c(Cn2c(=O)cc(Cc3ccccc3)c3ccccc32)c(C)c1. The second-order valence-corrected chi connectivity index (χ2v) is 7.65. The molecule has 0 saturated carbocycles. The molecule has 1 aromatic heterocycles. The number of benzene rings is 3. The molecule has 0 aliphatic rings. The van der Waals surface area contributed by atoms with E-state index in [0.717, 1.165) is 22.9 Å². The summed E-state index contributed by atoms with van der Waals surface area (Å²) in [7, 11) is 0. The van der Waals surface area contributed by atoms with Crippen molar-refractivity contribution in [3.63, 3.8) is 0 Å². The minimum atomic E-state index is 0.0593. The molecule has 0 radical (unpaired) electrons. The number of para-hydroxylation sites is 1. The molecule has 0 unspecified atom stereocenters. The lowest BCUT2D eigenvalue weighted by Gasteiger charge is -2.17. The van der Waals surface area contributed by atoms with Gasteiger partial charge in [0.25, 0.3) is 5.56 Å². The van der Waals surface area contributed by atoms with Gasteiger partial charge in [0.1, 0.15) is 0 Å². The molecule has 0 fully saturated rings. The van der Waals surface area contributed by atoms with Gasteiger partial charge in [-0.2, -0.15) is 0 Å². The molecular weight excluding hydrogens is 342 g/mol. The van der Waals surface area contributed by atoms with Crippen LogP contribution in [0.25, 0.3) is 10.9 Å². The Labute approximate surface area is 166 Å². The number of aromatic nitrogens is 1. The lowest BCUT2D eigenvalue weighted by Crippen LogP contribution is -2.22. The fourth-order valence-electron chi connectivity index (χ4n) is 4.15. The highest BCUT2D eigenvalue weighted by atomic mass is 16.1. The number of aryl methyl sites for hydroxylation is 3. The van der Waals surface area contributed by atoms with Crippen LogP contribution in [0.5, 0.6) is 0 Å². The number of nitrogens with zero attached hydrogens (tertiary/aromatic N) is 1. The van der Waals surface area contributed by atoms with E-state index in [0.29, 0.717) is 6.54 Å². The Kier molecular flexibility index (Phi) is 4.87. The highest BCUT2D eigenvalue weighted by Gasteiger charge is 2.12. The minimum absolute atomic E-state index is 0.0593. The van der Waals surface area contributed by atoms with Crippen molar-refractivity contribution in [1.82, 2.24) is 4.57 Å². The van der Waals surface area contributed by atoms with Crippen molar-refractivity contribution in [3.8, 4) is 0 Å². The van der Waals surface area contributed by atoms with E-state index in [1.807, 2.05) is 41.0 Å². The van der Waals surface area contributed by atoms with Crippen molar-refractivity contribution in [2.24, 2.45) is 0 Å². The summed E-state index contributed by atoms with van der Waals surface area (Å²) in [6, 6.07) is 24.8. The molecule has 0 amide bonds. The van der Waals surface area contributed by atoms with Crippen molar-refractivity contribution in [2.75, 3.05) is 0 Å². The summed E-state index contributed by atoms with van der Waals surface area (Å²) in [5.41, 5.74) is 8.33. The molecule has 3 aromatic carbocycles. The van der Waals surface area contributed by atoms with Crippen LogP contribution in [0.2, 0.25) is 0 Å². The average Bonchev–Trinajstić information content (AvgIpc) is 2.67. The maximum atomic E-state index is 13.1. The first-order valence-electron chi connectivity index (χ1n) is 9.75. The lowest BCUT2D eigenvalue weighted by molar-refractivity contribution is 0.781. The summed E-state index contributed by atoms with van der Waals surface area (Å²) in [5, 5.41) is 1.15. The van der Waals surface area contributed by atoms with Crippen LogP contribution in [0.3, 0.4) is 0 Å². The maximum absolute atomic E-state index is 13.1. The van der Waals surface area contributed by atoms with Gasteiger partial charge in [0.15, 0.2) is 0 Å². The van der Waals surface area contributed by atoms with Crippen LogP contribution < -0.4 is 5.56 Å². The highest BCUT2D eigenvalue weighted by molar-refractivity contribution is 5.83. The Bertz CT molecular complexity index is 1180. The van der Waals surface area contributed by atoms with E-state index in [1.54, 1.807) is 0 Å². The molecule has 0 bridgehead atoms. The van der Waals surface area contributed by atoms with Crippen molar-refractivity contribution >= 4 is 10.9 Å².